The van der Waals surface area contributed by atoms with Crippen LogP contribution in [0.5, 0.6) is 0 Å². The van der Waals surface area contributed by atoms with Gasteiger partial charge >= 0.3 is 12.1 Å². The molecule has 0 aromatic heterocycles. The van der Waals surface area contributed by atoms with Gasteiger partial charge in [-0.05, 0) is 6.92 Å². The predicted octanol–water partition coefficient (Wildman–Crippen LogP) is 1.45. The topological polar surface area (TPSA) is 84.0 Å². The highest BCUT2D eigenvalue weighted by atomic mass is 16.5. The number of fused-ring (bicyclic) bond motifs is 1. The van der Waals surface area contributed by atoms with Crippen LogP contribution in [0.3, 0.4) is 0 Å². The summed E-state index contributed by atoms with van der Waals surface area (Å²) in [6.45, 7) is 1.74. The fourth-order valence-electron chi connectivity index (χ4n) is 4.55. The molecular formula is C19H28N4O6. The first-order valence-electron chi connectivity index (χ1n) is 9.16. The molecule has 3 rings (SSSR count). The Kier molecular flexibility index (Phi) is 5.99. The third-order valence-electron chi connectivity index (χ3n) is 5.63. The van der Waals surface area contributed by atoms with Crippen molar-refractivity contribution in [1.82, 2.24) is 19.6 Å². The highest BCUT2D eigenvalue weighted by molar-refractivity contribution is 5.88. The highest BCUT2D eigenvalue weighted by Gasteiger charge is 2.77. The van der Waals surface area contributed by atoms with Gasteiger partial charge in [-0.15, -0.1) is 0 Å². The van der Waals surface area contributed by atoms with Gasteiger partial charge in [-0.25, -0.2) is 9.59 Å². The number of hydrogen-bond donors (Lipinski definition) is 0. The average Bonchev–Trinajstić information content (AvgIpc) is 3.02. The SMILES string of the molecule is COCN1C(=O)N(COC)C2(c3ccccc3)N(COC)C(=O)N(COC)C12C. The lowest BCUT2D eigenvalue weighted by molar-refractivity contribution is -0.129. The summed E-state index contributed by atoms with van der Waals surface area (Å²) in [4.78, 5) is 33.2. The van der Waals surface area contributed by atoms with Gasteiger partial charge in [0.1, 0.15) is 26.9 Å². The van der Waals surface area contributed by atoms with Gasteiger partial charge in [0, 0.05) is 34.0 Å². The lowest BCUT2D eigenvalue weighted by atomic mass is 9.86. The Balaban J connectivity index is 2.36. The van der Waals surface area contributed by atoms with Crippen LogP contribution in [0.2, 0.25) is 0 Å². The minimum Gasteiger partial charge on any atom is -0.364 e. The maximum absolute atomic E-state index is 13.5. The minimum atomic E-state index is -1.23. The van der Waals surface area contributed by atoms with Gasteiger partial charge in [-0.3, -0.25) is 19.6 Å². The van der Waals surface area contributed by atoms with E-state index >= 15 is 0 Å². The first-order chi connectivity index (χ1) is 14.0. The third kappa shape index (κ3) is 2.71. The van der Waals surface area contributed by atoms with E-state index in [1.54, 1.807) is 0 Å². The minimum absolute atomic E-state index is 0.0154. The van der Waals surface area contributed by atoms with Crippen molar-refractivity contribution in [3.05, 3.63) is 35.9 Å². The number of amides is 4. The molecule has 10 heteroatoms. The summed E-state index contributed by atoms with van der Waals surface area (Å²) >= 11 is 0. The van der Waals surface area contributed by atoms with Crippen LogP contribution in [-0.4, -0.2) is 92.7 Å². The smallest absolute Gasteiger partial charge is 0.328 e. The molecule has 2 aliphatic heterocycles. The molecule has 160 valence electrons. The molecule has 1 aromatic rings. The van der Waals surface area contributed by atoms with E-state index in [4.69, 9.17) is 18.9 Å². The largest absolute Gasteiger partial charge is 0.364 e. The number of carbonyl (C=O) groups excluding carboxylic acids is 2. The number of ether oxygens (including phenoxy) is 4. The van der Waals surface area contributed by atoms with Crippen LogP contribution in [0, 0.1) is 0 Å². The summed E-state index contributed by atoms with van der Waals surface area (Å²) in [5.74, 6) is 0. The van der Waals surface area contributed by atoms with Gasteiger partial charge < -0.3 is 18.9 Å². The maximum Gasteiger partial charge on any atom is 0.328 e. The molecule has 0 aliphatic carbocycles. The van der Waals surface area contributed by atoms with Crippen molar-refractivity contribution in [1.29, 1.82) is 0 Å². The average molecular weight is 408 g/mol. The Bertz CT molecular complexity index is 709. The first kappa shape index (κ1) is 21.3. The molecule has 29 heavy (non-hydrogen) atoms. The zero-order valence-electron chi connectivity index (χ0n) is 17.5. The molecule has 2 saturated heterocycles. The Hall–Kier alpha value is -2.40. The van der Waals surface area contributed by atoms with Crippen molar-refractivity contribution < 1.29 is 28.5 Å². The second kappa shape index (κ2) is 8.15. The van der Waals surface area contributed by atoms with Crippen LogP contribution in [0.4, 0.5) is 9.59 Å². The molecule has 0 saturated carbocycles. The highest BCUT2D eigenvalue weighted by Crippen LogP contribution is 2.56. The molecule has 0 atom stereocenters. The molecule has 10 nitrogen and oxygen atoms in total. The van der Waals surface area contributed by atoms with Gasteiger partial charge in [-0.2, -0.15) is 0 Å². The van der Waals surface area contributed by atoms with E-state index in [-0.39, 0.29) is 39.0 Å². The molecule has 0 spiro atoms. The number of urea groups is 2. The Morgan fingerprint density at radius 2 is 1.07 bits per heavy atom. The zero-order chi connectivity index (χ0) is 21.2. The van der Waals surface area contributed by atoms with E-state index in [1.165, 1.54) is 48.0 Å². The van der Waals surface area contributed by atoms with Crippen molar-refractivity contribution in [2.75, 3.05) is 55.4 Å². The Morgan fingerprint density at radius 1 is 0.690 bits per heavy atom. The summed E-state index contributed by atoms with van der Waals surface area (Å²) in [5, 5.41) is 0. The lowest BCUT2D eigenvalue weighted by Gasteiger charge is -2.47. The monoisotopic (exact) mass is 408 g/mol. The number of methoxy groups -OCH3 is 4. The van der Waals surface area contributed by atoms with Crippen LogP contribution < -0.4 is 0 Å². The fraction of sp³-hybridized carbons (Fsp3) is 0.579. The molecule has 2 fully saturated rings. The molecule has 0 N–H and O–H groups in total. The quantitative estimate of drug-likeness (QED) is 0.615. The molecule has 0 radical (unpaired) electrons. The number of carbonyl (C=O) groups is 2. The third-order valence-corrected chi connectivity index (χ3v) is 5.63. The predicted molar refractivity (Wildman–Crippen MR) is 102 cm³/mol. The number of benzene rings is 1. The van der Waals surface area contributed by atoms with E-state index in [9.17, 15) is 9.59 Å². The van der Waals surface area contributed by atoms with E-state index < -0.39 is 11.3 Å². The van der Waals surface area contributed by atoms with Gasteiger partial charge in [-0.1, -0.05) is 30.3 Å². The second-order valence-electron chi connectivity index (χ2n) is 7.01. The van der Waals surface area contributed by atoms with Gasteiger partial charge in [0.2, 0.25) is 0 Å². The van der Waals surface area contributed by atoms with Gasteiger partial charge in [0.05, 0.1) is 0 Å². The van der Waals surface area contributed by atoms with Crippen molar-refractivity contribution in [2.45, 2.75) is 18.2 Å². The van der Waals surface area contributed by atoms with Gasteiger partial charge in [0.25, 0.3) is 0 Å². The molecule has 4 amide bonds. The summed E-state index contributed by atoms with van der Waals surface area (Å²) < 4.78 is 21.5. The standard InChI is InChI=1S/C19H28N4O6/c1-18-19(15-9-7-6-8-10-15,22(13-28-4)16(24)20(18)11-26-2)23(14-29-5)17(25)21(18)12-27-3/h6-10H,11-14H2,1-5H3. The Labute approximate surface area is 170 Å². The molecule has 0 unspecified atom stereocenters. The summed E-state index contributed by atoms with van der Waals surface area (Å²) in [6.07, 6.45) is 0. The van der Waals surface area contributed by atoms with Crippen LogP contribution in [0.1, 0.15) is 12.5 Å². The molecule has 1 aromatic carbocycles. The zero-order valence-corrected chi connectivity index (χ0v) is 17.5. The van der Waals surface area contributed by atoms with E-state index in [1.807, 2.05) is 37.3 Å². The molecule has 2 aliphatic rings. The van der Waals surface area contributed by atoms with Gasteiger partial charge in [0.15, 0.2) is 11.3 Å². The number of rotatable bonds is 9. The van der Waals surface area contributed by atoms with E-state index in [0.717, 1.165) is 5.56 Å². The Morgan fingerprint density at radius 3 is 1.45 bits per heavy atom. The van der Waals surface area contributed by atoms with E-state index in [2.05, 4.69) is 0 Å². The summed E-state index contributed by atoms with van der Waals surface area (Å²) in [7, 11) is 6.02. The van der Waals surface area contributed by atoms with Crippen LogP contribution in [0.25, 0.3) is 0 Å². The van der Waals surface area contributed by atoms with Crippen molar-refractivity contribution in [2.24, 2.45) is 0 Å². The molecule has 0 bridgehead atoms. The van der Waals surface area contributed by atoms with Crippen molar-refractivity contribution in [3.8, 4) is 0 Å². The molecular weight excluding hydrogens is 380 g/mol. The second-order valence-corrected chi connectivity index (χ2v) is 7.01. The van der Waals surface area contributed by atoms with Crippen molar-refractivity contribution >= 4 is 12.1 Å². The van der Waals surface area contributed by atoms with Crippen LogP contribution in [0.15, 0.2) is 30.3 Å². The fourth-order valence-corrected chi connectivity index (χ4v) is 4.55. The number of nitrogens with zero attached hydrogens (tertiary/aromatic N) is 4. The van der Waals surface area contributed by atoms with Crippen LogP contribution in [-0.2, 0) is 24.6 Å². The number of hydrogen-bond acceptors (Lipinski definition) is 6. The van der Waals surface area contributed by atoms with Crippen LogP contribution >= 0.6 is 0 Å². The maximum atomic E-state index is 13.5. The normalized spacial score (nSPS) is 26.7. The summed E-state index contributed by atoms with van der Waals surface area (Å²) in [5.41, 5.74) is -1.65. The lowest BCUT2D eigenvalue weighted by Crippen LogP contribution is -2.65. The van der Waals surface area contributed by atoms with E-state index in [0.29, 0.717) is 0 Å². The summed E-state index contributed by atoms with van der Waals surface area (Å²) in [6, 6.07) is 8.74. The first-order valence-corrected chi connectivity index (χ1v) is 9.16. The molecule has 2 heterocycles. The van der Waals surface area contributed by atoms with Crippen molar-refractivity contribution in [3.63, 3.8) is 0 Å².